The maximum atomic E-state index is 5.22. The van der Waals surface area contributed by atoms with Crippen LogP contribution in [0.1, 0.15) is 0 Å². The molecule has 65 heavy (non-hydrogen) atoms. The van der Waals surface area contributed by atoms with Crippen molar-refractivity contribution in [1.29, 1.82) is 0 Å². The van der Waals surface area contributed by atoms with Crippen LogP contribution in [-0.2, 0) is 0 Å². The van der Waals surface area contributed by atoms with Crippen molar-refractivity contribution < 1.29 is 0 Å². The fourth-order valence-electron chi connectivity index (χ4n) is 9.46. The highest BCUT2D eigenvalue weighted by atomic mass is 15.1. The zero-order valence-electron chi connectivity index (χ0n) is 35.4. The highest BCUT2D eigenvalue weighted by molar-refractivity contribution is 6.20. The Morgan fingerprint density at radius 1 is 0.246 bits per heavy atom. The molecule has 4 heteroatoms. The standard InChI is InChI=1S/C61H40N4/c1-5-17-41(18-6-1)42-31-35-48(36-32-42)65(55-30-14-13-27-50(55)43-19-7-2-8-20-43)49-37-33-44(34-38-49)51-39-40-54(58-53-29-16-26-45-25-15-28-52(56(45)53)57(51)58)61-63-59(46-21-9-3-10-22-46)62-60(64-61)47-23-11-4-12-24-47/h1-40H. The molecule has 0 atom stereocenters. The van der Waals surface area contributed by atoms with E-state index in [-0.39, 0.29) is 0 Å². The average molecular weight is 829 g/mol. The first-order valence-electron chi connectivity index (χ1n) is 22.0. The normalized spacial score (nSPS) is 11.4. The van der Waals surface area contributed by atoms with E-state index in [2.05, 4.69) is 211 Å². The zero-order chi connectivity index (χ0) is 43.1. The monoisotopic (exact) mass is 828 g/mol. The smallest absolute Gasteiger partial charge is 0.164 e. The summed E-state index contributed by atoms with van der Waals surface area (Å²) in [5, 5.41) is 2.46. The molecule has 0 amide bonds. The molecule has 11 aromatic rings. The molecular weight excluding hydrogens is 789 g/mol. The van der Waals surface area contributed by atoms with Crippen LogP contribution in [0.2, 0.25) is 0 Å². The number of fused-ring (bicyclic) bond motifs is 3. The number of anilines is 3. The van der Waals surface area contributed by atoms with Gasteiger partial charge in [0.05, 0.1) is 5.69 Å². The third-order valence-corrected chi connectivity index (χ3v) is 12.5. The van der Waals surface area contributed by atoms with Gasteiger partial charge in [-0.05, 0) is 91.7 Å². The van der Waals surface area contributed by atoms with E-state index < -0.39 is 0 Å². The maximum Gasteiger partial charge on any atom is 0.164 e. The third kappa shape index (κ3) is 6.85. The van der Waals surface area contributed by atoms with Crippen LogP contribution in [0.4, 0.5) is 17.1 Å². The van der Waals surface area contributed by atoms with Crippen molar-refractivity contribution in [2.24, 2.45) is 0 Å². The Balaban J connectivity index is 1.02. The van der Waals surface area contributed by atoms with Crippen LogP contribution in [-0.4, -0.2) is 15.0 Å². The molecule has 1 aromatic heterocycles. The molecule has 0 aliphatic heterocycles. The van der Waals surface area contributed by atoms with Crippen LogP contribution >= 0.6 is 0 Å². The van der Waals surface area contributed by atoms with E-state index in [1.54, 1.807) is 0 Å². The number of aromatic nitrogens is 3. The molecule has 1 heterocycles. The van der Waals surface area contributed by atoms with Gasteiger partial charge in [0.15, 0.2) is 17.5 Å². The van der Waals surface area contributed by atoms with Crippen molar-refractivity contribution in [3.8, 4) is 89.8 Å². The van der Waals surface area contributed by atoms with Gasteiger partial charge in [0.2, 0.25) is 0 Å². The first-order valence-corrected chi connectivity index (χ1v) is 22.0. The van der Waals surface area contributed by atoms with Crippen LogP contribution in [0.5, 0.6) is 0 Å². The molecule has 0 radical (unpaired) electrons. The third-order valence-electron chi connectivity index (χ3n) is 12.5. The Kier molecular flexibility index (Phi) is 9.46. The number of nitrogens with zero attached hydrogens (tertiary/aromatic N) is 4. The molecular formula is C61H40N4. The highest BCUT2D eigenvalue weighted by Crippen LogP contribution is 2.54. The van der Waals surface area contributed by atoms with Gasteiger partial charge in [-0.15, -0.1) is 0 Å². The summed E-state index contributed by atoms with van der Waals surface area (Å²) in [6.07, 6.45) is 0. The number of rotatable bonds is 9. The van der Waals surface area contributed by atoms with Gasteiger partial charge >= 0.3 is 0 Å². The SMILES string of the molecule is c1ccc(-c2ccc(N(c3ccc(-c4ccc(-c5nc(-c6ccccc6)nc(-c6ccccc6)n5)c5c4-c4cccc6cccc-5c46)cc3)c3ccccc3-c3ccccc3)cc2)cc1. The van der Waals surface area contributed by atoms with Gasteiger partial charge in [-0.25, -0.2) is 15.0 Å². The minimum absolute atomic E-state index is 0.643. The Morgan fingerprint density at radius 3 is 1.22 bits per heavy atom. The highest BCUT2D eigenvalue weighted by Gasteiger charge is 2.29. The van der Waals surface area contributed by atoms with Gasteiger partial charge in [-0.3, -0.25) is 0 Å². The lowest BCUT2D eigenvalue weighted by molar-refractivity contribution is 1.07. The summed E-state index contributed by atoms with van der Waals surface area (Å²) in [5.74, 6) is 1.93. The molecule has 0 unspecified atom stereocenters. The van der Waals surface area contributed by atoms with Gasteiger partial charge < -0.3 is 4.90 Å². The predicted molar refractivity (Wildman–Crippen MR) is 269 cm³/mol. The molecule has 0 bridgehead atoms. The van der Waals surface area contributed by atoms with Crippen LogP contribution < -0.4 is 4.90 Å². The minimum atomic E-state index is 0.643. The number of para-hydroxylation sites is 1. The van der Waals surface area contributed by atoms with Crippen LogP contribution in [0, 0.1) is 0 Å². The Labute approximate surface area is 378 Å². The lowest BCUT2D eigenvalue weighted by Crippen LogP contribution is -2.11. The summed E-state index contributed by atoms with van der Waals surface area (Å²) in [4.78, 5) is 17.8. The first-order chi connectivity index (χ1) is 32.2. The molecule has 4 nitrogen and oxygen atoms in total. The molecule has 304 valence electrons. The molecule has 12 rings (SSSR count). The van der Waals surface area contributed by atoms with Gasteiger partial charge in [-0.1, -0.05) is 206 Å². The summed E-state index contributed by atoms with van der Waals surface area (Å²) in [5.41, 5.74) is 17.8. The second kappa shape index (κ2) is 16.2. The molecule has 0 N–H and O–H groups in total. The summed E-state index contributed by atoms with van der Waals surface area (Å²) < 4.78 is 0. The van der Waals surface area contributed by atoms with E-state index in [0.717, 1.165) is 56.0 Å². The van der Waals surface area contributed by atoms with Gasteiger partial charge in [-0.2, -0.15) is 0 Å². The molecule has 1 aliphatic rings. The Hall–Kier alpha value is -8.73. The fourth-order valence-corrected chi connectivity index (χ4v) is 9.46. The Morgan fingerprint density at radius 2 is 0.646 bits per heavy atom. The zero-order valence-corrected chi connectivity index (χ0v) is 35.4. The van der Waals surface area contributed by atoms with Crippen molar-refractivity contribution in [2.75, 3.05) is 4.90 Å². The van der Waals surface area contributed by atoms with E-state index in [1.807, 2.05) is 36.4 Å². The predicted octanol–water partition coefficient (Wildman–Crippen LogP) is 16.1. The molecule has 0 spiro atoms. The van der Waals surface area contributed by atoms with Gasteiger partial charge in [0.1, 0.15) is 0 Å². The number of hydrogen-bond donors (Lipinski definition) is 0. The van der Waals surface area contributed by atoms with Crippen LogP contribution in [0.25, 0.3) is 101 Å². The molecule has 10 aromatic carbocycles. The molecule has 1 aliphatic carbocycles. The summed E-state index contributed by atoms with van der Waals surface area (Å²) in [7, 11) is 0. The summed E-state index contributed by atoms with van der Waals surface area (Å²) >= 11 is 0. The second-order valence-electron chi connectivity index (χ2n) is 16.3. The lowest BCUT2D eigenvalue weighted by atomic mass is 9.89. The van der Waals surface area contributed by atoms with Crippen LogP contribution in [0.15, 0.2) is 243 Å². The minimum Gasteiger partial charge on any atom is -0.310 e. The Bertz CT molecular complexity index is 3440. The van der Waals surface area contributed by atoms with Gasteiger partial charge in [0.25, 0.3) is 0 Å². The van der Waals surface area contributed by atoms with Crippen molar-refractivity contribution in [3.63, 3.8) is 0 Å². The molecule has 0 saturated heterocycles. The summed E-state index contributed by atoms with van der Waals surface area (Å²) in [6.45, 7) is 0. The first kappa shape index (κ1) is 38.0. The maximum absolute atomic E-state index is 5.22. The van der Waals surface area contributed by atoms with Crippen molar-refractivity contribution in [1.82, 2.24) is 15.0 Å². The van der Waals surface area contributed by atoms with Crippen molar-refractivity contribution in [2.45, 2.75) is 0 Å². The largest absolute Gasteiger partial charge is 0.310 e. The van der Waals surface area contributed by atoms with Gasteiger partial charge in [0, 0.05) is 39.2 Å². The van der Waals surface area contributed by atoms with E-state index in [1.165, 1.54) is 44.2 Å². The van der Waals surface area contributed by atoms with Crippen molar-refractivity contribution >= 4 is 27.8 Å². The average Bonchev–Trinajstić information content (AvgIpc) is 3.73. The quantitative estimate of drug-likeness (QED) is 0.145. The molecule has 0 fully saturated rings. The van der Waals surface area contributed by atoms with E-state index >= 15 is 0 Å². The van der Waals surface area contributed by atoms with E-state index in [4.69, 9.17) is 15.0 Å². The summed E-state index contributed by atoms with van der Waals surface area (Å²) in [6, 6.07) is 86.0. The van der Waals surface area contributed by atoms with E-state index in [9.17, 15) is 0 Å². The van der Waals surface area contributed by atoms with E-state index in [0.29, 0.717) is 17.5 Å². The second-order valence-corrected chi connectivity index (χ2v) is 16.3. The molecule has 0 saturated carbocycles. The fraction of sp³-hybridized carbons (Fsp3) is 0. The number of benzene rings is 10. The number of hydrogen-bond acceptors (Lipinski definition) is 4. The lowest BCUT2D eigenvalue weighted by Gasteiger charge is -2.28. The topological polar surface area (TPSA) is 41.9 Å². The van der Waals surface area contributed by atoms with Crippen molar-refractivity contribution in [3.05, 3.63) is 243 Å². The van der Waals surface area contributed by atoms with Crippen LogP contribution in [0.3, 0.4) is 0 Å².